The van der Waals surface area contributed by atoms with Gasteiger partial charge in [-0.05, 0) is 12.1 Å². The Morgan fingerprint density at radius 2 is 2.32 bits per heavy atom. The van der Waals surface area contributed by atoms with Crippen molar-refractivity contribution >= 4 is 11.6 Å². The smallest absolute Gasteiger partial charge is 0.238 e. The van der Waals surface area contributed by atoms with E-state index in [2.05, 4.69) is 5.32 Å². The number of carbonyl (C=O) groups excluding carboxylic acids is 1. The molecule has 100 valence electrons. The number of nitrogens with zero attached hydrogens (tertiary/aromatic N) is 1. The van der Waals surface area contributed by atoms with Crippen molar-refractivity contribution in [1.29, 1.82) is 5.26 Å². The summed E-state index contributed by atoms with van der Waals surface area (Å²) in [5, 5.41) is 11.0. The monoisotopic (exact) mass is 262 g/mol. The molecule has 1 aliphatic heterocycles. The summed E-state index contributed by atoms with van der Waals surface area (Å²) >= 11 is 0. The zero-order chi connectivity index (χ0) is 13.7. The van der Waals surface area contributed by atoms with Crippen LogP contribution in [-0.4, -0.2) is 32.3 Å². The second-order valence-electron chi connectivity index (χ2n) is 4.03. The first-order valence-corrected chi connectivity index (χ1v) is 5.82. The molecule has 0 unspecified atom stereocenters. The minimum atomic E-state index is -0.356. The molecule has 1 aliphatic rings. The van der Waals surface area contributed by atoms with E-state index in [1.54, 1.807) is 24.3 Å². The number of anilines is 1. The molecular formula is C13H14N2O4. The van der Waals surface area contributed by atoms with Crippen molar-refractivity contribution in [2.75, 3.05) is 25.6 Å². The fourth-order valence-corrected chi connectivity index (χ4v) is 1.58. The van der Waals surface area contributed by atoms with E-state index < -0.39 is 0 Å². The van der Waals surface area contributed by atoms with Crippen molar-refractivity contribution in [1.82, 2.24) is 0 Å². The maximum absolute atomic E-state index is 11.3. The molecule has 1 fully saturated rings. The van der Waals surface area contributed by atoms with Gasteiger partial charge in [0.15, 0.2) is 11.5 Å². The van der Waals surface area contributed by atoms with Gasteiger partial charge in [0.2, 0.25) is 5.91 Å². The van der Waals surface area contributed by atoms with Crippen LogP contribution in [0.5, 0.6) is 11.5 Å². The summed E-state index contributed by atoms with van der Waals surface area (Å²) in [6.07, 6.45) is -0.132. The largest absolute Gasteiger partial charge is 0.493 e. The molecule has 19 heavy (non-hydrogen) atoms. The van der Waals surface area contributed by atoms with Crippen LogP contribution in [0.4, 0.5) is 5.69 Å². The molecule has 2 rings (SSSR count). The maximum atomic E-state index is 11.3. The highest BCUT2D eigenvalue weighted by Gasteiger charge is 2.21. The van der Waals surface area contributed by atoms with Crippen LogP contribution in [0.2, 0.25) is 0 Å². The van der Waals surface area contributed by atoms with Crippen molar-refractivity contribution in [3.63, 3.8) is 0 Å². The van der Waals surface area contributed by atoms with E-state index in [4.69, 9.17) is 19.5 Å². The molecule has 1 aromatic rings. The number of hydrogen-bond donors (Lipinski definition) is 1. The Bertz CT molecular complexity index is 506. The summed E-state index contributed by atoms with van der Waals surface area (Å²) in [5.74, 6) is 0.779. The summed E-state index contributed by atoms with van der Waals surface area (Å²) in [6.45, 7) is 1.15. The second kappa shape index (κ2) is 6.07. The lowest BCUT2D eigenvalue weighted by Gasteiger charge is -2.27. The normalized spacial score (nSPS) is 14.1. The Kier molecular flexibility index (Phi) is 4.21. The summed E-state index contributed by atoms with van der Waals surface area (Å²) in [5.41, 5.74) is 0.564. The van der Waals surface area contributed by atoms with Gasteiger partial charge in [-0.15, -0.1) is 0 Å². The van der Waals surface area contributed by atoms with E-state index in [1.807, 2.05) is 0 Å². The zero-order valence-electron chi connectivity index (χ0n) is 10.5. The lowest BCUT2D eigenvalue weighted by Crippen LogP contribution is -2.38. The SMILES string of the molecule is COc1cc(NC(=O)CC#N)ccc1OC1COC1. The average Bonchev–Trinajstić information content (AvgIpc) is 2.35. The maximum Gasteiger partial charge on any atom is 0.238 e. The standard InChI is InChI=1S/C13H14N2O4/c1-17-12-6-9(15-13(16)4-5-14)2-3-11(12)19-10-7-18-8-10/h2-3,6,10H,4,7-8H2,1H3,(H,15,16). The first kappa shape index (κ1) is 13.2. The van der Waals surface area contributed by atoms with Crippen molar-refractivity contribution in [3.05, 3.63) is 18.2 Å². The molecular weight excluding hydrogens is 248 g/mol. The van der Waals surface area contributed by atoms with Gasteiger partial charge >= 0.3 is 0 Å². The predicted octanol–water partition coefficient (Wildman–Crippen LogP) is 1.32. The minimum absolute atomic E-state index is 0.0490. The number of benzene rings is 1. The molecule has 0 aliphatic carbocycles. The second-order valence-corrected chi connectivity index (χ2v) is 4.03. The van der Waals surface area contributed by atoms with E-state index >= 15 is 0 Å². The highest BCUT2D eigenvalue weighted by molar-refractivity contribution is 5.92. The molecule has 0 atom stereocenters. The lowest BCUT2D eigenvalue weighted by molar-refractivity contribution is -0.115. The molecule has 1 aromatic carbocycles. The van der Waals surface area contributed by atoms with Gasteiger partial charge in [0.05, 0.1) is 26.4 Å². The van der Waals surface area contributed by atoms with Crippen molar-refractivity contribution < 1.29 is 19.0 Å². The van der Waals surface area contributed by atoms with Gasteiger partial charge in [-0.1, -0.05) is 0 Å². The van der Waals surface area contributed by atoms with Crippen LogP contribution < -0.4 is 14.8 Å². The van der Waals surface area contributed by atoms with Gasteiger partial charge in [0, 0.05) is 11.8 Å². The molecule has 6 nitrogen and oxygen atoms in total. The van der Waals surface area contributed by atoms with E-state index in [9.17, 15) is 4.79 Å². The molecule has 6 heteroatoms. The van der Waals surface area contributed by atoms with E-state index in [1.165, 1.54) is 7.11 Å². The third-order valence-corrected chi connectivity index (χ3v) is 2.59. The number of methoxy groups -OCH3 is 1. The van der Waals surface area contributed by atoms with Crippen LogP contribution in [0, 0.1) is 11.3 Å². The van der Waals surface area contributed by atoms with Gasteiger partial charge in [-0.25, -0.2) is 0 Å². The molecule has 1 amide bonds. The molecule has 0 aromatic heterocycles. The predicted molar refractivity (Wildman–Crippen MR) is 67.1 cm³/mol. The number of rotatable bonds is 5. The fraction of sp³-hybridized carbons (Fsp3) is 0.385. The van der Waals surface area contributed by atoms with Crippen LogP contribution >= 0.6 is 0 Å². The molecule has 1 N–H and O–H groups in total. The Morgan fingerprint density at radius 3 is 2.89 bits per heavy atom. The number of ether oxygens (including phenoxy) is 3. The van der Waals surface area contributed by atoms with E-state index in [-0.39, 0.29) is 18.4 Å². The summed E-state index contributed by atoms with van der Waals surface area (Å²) in [7, 11) is 1.53. The fourth-order valence-electron chi connectivity index (χ4n) is 1.58. The third kappa shape index (κ3) is 3.36. The van der Waals surface area contributed by atoms with Crippen LogP contribution in [-0.2, 0) is 9.53 Å². The minimum Gasteiger partial charge on any atom is -0.493 e. The third-order valence-electron chi connectivity index (χ3n) is 2.59. The lowest BCUT2D eigenvalue weighted by atomic mass is 10.2. The summed E-state index contributed by atoms with van der Waals surface area (Å²) < 4.78 is 15.9. The Morgan fingerprint density at radius 1 is 1.53 bits per heavy atom. The summed E-state index contributed by atoms with van der Waals surface area (Å²) in [6, 6.07) is 6.87. The topological polar surface area (TPSA) is 80.6 Å². The van der Waals surface area contributed by atoms with Gasteiger partial charge in [-0.3, -0.25) is 4.79 Å². The molecule has 0 bridgehead atoms. The number of amides is 1. The van der Waals surface area contributed by atoms with E-state index in [0.717, 1.165) is 0 Å². The number of hydrogen-bond acceptors (Lipinski definition) is 5. The van der Waals surface area contributed by atoms with Crippen LogP contribution in [0.15, 0.2) is 18.2 Å². The molecule has 0 spiro atoms. The zero-order valence-corrected chi connectivity index (χ0v) is 10.5. The Labute approximate surface area is 110 Å². The van der Waals surface area contributed by atoms with Gasteiger partial charge in [0.1, 0.15) is 12.5 Å². The van der Waals surface area contributed by atoms with Crippen LogP contribution in [0.3, 0.4) is 0 Å². The van der Waals surface area contributed by atoms with Gasteiger partial charge in [0.25, 0.3) is 0 Å². The molecule has 0 saturated carbocycles. The van der Waals surface area contributed by atoms with E-state index in [0.29, 0.717) is 30.4 Å². The van der Waals surface area contributed by atoms with Crippen LogP contribution in [0.25, 0.3) is 0 Å². The number of nitrogens with one attached hydrogen (secondary N) is 1. The van der Waals surface area contributed by atoms with Crippen LogP contribution in [0.1, 0.15) is 6.42 Å². The average molecular weight is 262 g/mol. The highest BCUT2D eigenvalue weighted by atomic mass is 16.6. The summed E-state index contributed by atoms with van der Waals surface area (Å²) in [4.78, 5) is 11.3. The Balaban J connectivity index is 2.06. The van der Waals surface area contributed by atoms with Crippen molar-refractivity contribution in [2.24, 2.45) is 0 Å². The molecule has 1 saturated heterocycles. The quantitative estimate of drug-likeness (QED) is 0.865. The van der Waals surface area contributed by atoms with Gasteiger partial charge < -0.3 is 19.5 Å². The first-order valence-electron chi connectivity index (χ1n) is 5.82. The first-order chi connectivity index (χ1) is 9.22. The van der Waals surface area contributed by atoms with Gasteiger partial charge in [-0.2, -0.15) is 5.26 Å². The van der Waals surface area contributed by atoms with Crippen molar-refractivity contribution in [3.8, 4) is 17.6 Å². The number of nitriles is 1. The van der Waals surface area contributed by atoms with Crippen molar-refractivity contribution in [2.45, 2.75) is 12.5 Å². The molecule has 0 radical (unpaired) electrons. The number of carbonyl (C=O) groups is 1. The Hall–Kier alpha value is -2.26. The highest BCUT2D eigenvalue weighted by Crippen LogP contribution is 2.31. The molecule has 1 heterocycles.